The van der Waals surface area contributed by atoms with E-state index < -0.39 is 0 Å². The van der Waals surface area contributed by atoms with Crippen LogP contribution in [0.5, 0.6) is 0 Å². The van der Waals surface area contributed by atoms with Crippen LogP contribution in [0, 0.1) is 0 Å². The Morgan fingerprint density at radius 2 is 2.43 bits per heavy atom. The van der Waals surface area contributed by atoms with Crippen LogP contribution in [0.2, 0.25) is 0 Å². The van der Waals surface area contributed by atoms with Crippen molar-refractivity contribution in [3.63, 3.8) is 0 Å². The zero-order valence-electron chi connectivity index (χ0n) is 12.0. The number of thiophene rings is 1. The second kappa shape index (κ2) is 6.50. The minimum Gasteiger partial charge on any atom is -0.376 e. The Balaban J connectivity index is 1.79. The molecule has 1 aliphatic heterocycles. The molecule has 114 valence electrons. The molecule has 0 unspecified atom stereocenters. The molecule has 4 nitrogen and oxygen atoms in total. The summed E-state index contributed by atoms with van der Waals surface area (Å²) in [7, 11) is 0. The van der Waals surface area contributed by atoms with E-state index in [0.717, 1.165) is 52.1 Å². The molecule has 0 radical (unpaired) electrons. The van der Waals surface area contributed by atoms with Crippen LogP contribution < -0.4 is 5.32 Å². The summed E-state index contributed by atoms with van der Waals surface area (Å²) in [4.78, 5) is 12.5. The molecule has 1 saturated heterocycles. The monoisotopic (exact) mass is 370 g/mol. The van der Waals surface area contributed by atoms with Crippen LogP contribution in [0.1, 0.15) is 36.7 Å². The number of nitrogens with one attached hydrogen (secondary N) is 1. The molecular weight excluding hydrogens is 352 g/mol. The number of rotatable bonds is 5. The van der Waals surface area contributed by atoms with Gasteiger partial charge in [0.2, 0.25) is 0 Å². The first-order valence-electron chi connectivity index (χ1n) is 7.37. The SMILES string of the molecule is CCCn1c(C(=O)NC[C@H]2CCCO2)cc2sc(Br)cc21. The predicted octanol–water partition coefficient (Wildman–Crippen LogP) is 3.78. The van der Waals surface area contributed by atoms with Gasteiger partial charge in [-0.2, -0.15) is 0 Å². The lowest BCUT2D eigenvalue weighted by molar-refractivity contribution is 0.0850. The minimum absolute atomic E-state index is 0.00141. The minimum atomic E-state index is -0.00141. The van der Waals surface area contributed by atoms with Gasteiger partial charge in [0.1, 0.15) is 5.69 Å². The zero-order chi connectivity index (χ0) is 14.8. The Bertz CT molecular complexity index is 643. The highest BCUT2D eigenvalue weighted by atomic mass is 79.9. The number of carbonyl (C=O) groups is 1. The lowest BCUT2D eigenvalue weighted by Gasteiger charge is -2.12. The number of nitrogens with zero attached hydrogens (tertiary/aromatic N) is 1. The van der Waals surface area contributed by atoms with E-state index in [4.69, 9.17) is 4.74 Å². The molecule has 1 fully saturated rings. The number of fused-ring (bicyclic) bond motifs is 1. The summed E-state index contributed by atoms with van der Waals surface area (Å²) < 4.78 is 9.91. The quantitative estimate of drug-likeness (QED) is 0.869. The lowest BCUT2D eigenvalue weighted by atomic mass is 10.2. The fourth-order valence-electron chi connectivity index (χ4n) is 2.77. The van der Waals surface area contributed by atoms with E-state index in [9.17, 15) is 4.79 Å². The van der Waals surface area contributed by atoms with Crippen molar-refractivity contribution in [2.45, 2.75) is 38.8 Å². The average molecular weight is 371 g/mol. The van der Waals surface area contributed by atoms with Gasteiger partial charge in [-0.05, 0) is 47.3 Å². The van der Waals surface area contributed by atoms with Crippen LogP contribution in [-0.2, 0) is 11.3 Å². The summed E-state index contributed by atoms with van der Waals surface area (Å²) in [6.07, 6.45) is 3.32. The molecular formula is C15H19BrN2O2S. The molecule has 2 aromatic heterocycles. The molecule has 0 aromatic carbocycles. The summed E-state index contributed by atoms with van der Waals surface area (Å²) in [5.74, 6) is -0.00141. The molecule has 0 bridgehead atoms. The van der Waals surface area contributed by atoms with Crippen molar-refractivity contribution >= 4 is 43.4 Å². The maximum Gasteiger partial charge on any atom is 0.268 e. The van der Waals surface area contributed by atoms with Crippen molar-refractivity contribution in [1.82, 2.24) is 9.88 Å². The molecule has 2 aromatic rings. The van der Waals surface area contributed by atoms with Crippen molar-refractivity contribution in [2.75, 3.05) is 13.2 Å². The summed E-state index contributed by atoms with van der Waals surface area (Å²) in [6, 6.07) is 4.08. The van der Waals surface area contributed by atoms with Crippen molar-refractivity contribution in [3.05, 3.63) is 21.6 Å². The molecule has 3 heterocycles. The topological polar surface area (TPSA) is 43.3 Å². The smallest absolute Gasteiger partial charge is 0.268 e. The van der Waals surface area contributed by atoms with Crippen LogP contribution in [0.15, 0.2) is 15.9 Å². The van der Waals surface area contributed by atoms with E-state index in [-0.39, 0.29) is 12.0 Å². The number of hydrogen-bond acceptors (Lipinski definition) is 3. The van der Waals surface area contributed by atoms with Crippen LogP contribution in [-0.4, -0.2) is 29.7 Å². The standard InChI is InChI=1S/C15H19BrN2O2S/c1-2-5-18-11-8-14(16)21-13(11)7-12(18)15(19)17-9-10-4-3-6-20-10/h7-8,10H,2-6,9H2,1H3,(H,17,19)/t10-/m1/s1. The van der Waals surface area contributed by atoms with Gasteiger partial charge in [-0.3, -0.25) is 4.79 Å². The van der Waals surface area contributed by atoms with Crippen molar-refractivity contribution in [3.8, 4) is 0 Å². The maximum absolute atomic E-state index is 12.5. The number of carbonyl (C=O) groups excluding carboxylic acids is 1. The van der Waals surface area contributed by atoms with Gasteiger partial charge in [-0.25, -0.2) is 0 Å². The van der Waals surface area contributed by atoms with Gasteiger partial charge in [0, 0.05) is 19.7 Å². The van der Waals surface area contributed by atoms with Crippen LogP contribution in [0.25, 0.3) is 10.2 Å². The zero-order valence-corrected chi connectivity index (χ0v) is 14.4. The van der Waals surface area contributed by atoms with Crippen molar-refractivity contribution in [2.24, 2.45) is 0 Å². The molecule has 0 spiro atoms. The summed E-state index contributed by atoms with van der Waals surface area (Å²) in [5.41, 5.74) is 1.89. The van der Waals surface area contributed by atoms with E-state index in [0.29, 0.717) is 6.54 Å². The third kappa shape index (κ3) is 3.17. The molecule has 1 aliphatic rings. The fourth-order valence-corrected chi connectivity index (χ4v) is 4.33. The Hall–Kier alpha value is -0.850. The summed E-state index contributed by atoms with van der Waals surface area (Å²) in [5, 5.41) is 3.01. The van der Waals surface area contributed by atoms with Gasteiger partial charge in [-0.1, -0.05) is 6.92 Å². The third-order valence-corrected chi connectivity index (χ3v) is 5.33. The van der Waals surface area contributed by atoms with Crippen LogP contribution in [0.4, 0.5) is 0 Å². The van der Waals surface area contributed by atoms with Crippen LogP contribution >= 0.6 is 27.3 Å². The number of aryl methyl sites for hydroxylation is 1. The predicted molar refractivity (Wildman–Crippen MR) is 89.1 cm³/mol. The average Bonchev–Trinajstić information content (AvgIpc) is 3.14. The van der Waals surface area contributed by atoms with Gasteiger partial charge < -0.3 is 14.6 Å². The van der Waals surface area contributed by atoms with E-state index >= 15 is 0 Å². The molecule has 1 amide bonds. The fraction of sp³-hybridized carbons (Fsp3) is 0.533. The molecule has 1 N–H and O–H groups in total. The number of aromatic nitrogens is 1. The summed E-state index contributed by atoms with van der Waals surface area (Å²) >= 11 is 5.18. The number of ether oxygens (including phenoxy) is 1. The summed E-state index contributed by atoms with van der Waals surface area (Å²) in [6.45, 7) is 4.40. The largest absolute Gasteiger partial charge is 0.376 e. The van der Waals surface area contributed by atoms with Gasteiger partial charge >= 0.3 is 0 Å². The Kier molecular flexibility index (Phi) is 4.66. The van der Waals surface area contributed by atoms with Crippen molar-refractivity contribution < 1.29 is 9.53 Å². The first kappa shape index (κ1) is 15.1. The Morgan fingerprint density at radius 3 is 3.14 bits per heavy atom. The molecule has 3 rings (SSSR count). The highest BCUT2D eigenvalue weighted by Crippen LogP contribution is 2.32. The highest BCUT2D eigenvalue weighted by Gasteiger charge is 2.20. The second-order valence-electron chi connectivity index (χ2n) is 5.33. The first-order chi connectivity index (χ1) is 10.2. The van der Waals surface area contributed by atoms with E-state index in [2.05, 4.69) is 38.8 Å². The molecule has 1 atom stereocenters. The lowest BCUT2D eigenvalue weighted by Crippen LogP contribution is -2.33. The highest BCUT2D eigenvalue weighted by molar-refractivity contribution is 9.11. The van der Waals surface area contributed by atoms with Gasteiger partial charge in [0.05, 0.1) is 20.1 Å². The normalized spacial score (nSPS) is 18.5. The van der Waals surface area contributed by atoms with E-state index in [1.165, 1.54) is 0 Å². The van der Waals surface area contributed by atoms with Gasteiger partial charge in [0.15, 0.2) is 0 Å². The molecule has 6 heteroatoms. The number of amides is 1. The van der Waals surface area contributed by atoms with E-state index in [1.54, 1.807) is 11.3 Å². The van der Waals surface area contributed by atoms with Crippen LogP contribution in [0.3, 0.4) is 0 Å². The number of hydrogen-bond donors (Lipinski definition) is 1. The molecule has 0 saturated carbocycles. The Morgan fingerprint density at radius 1 is 1.57 bits per heavy atom. The molecule has 21 heavy (non-hydrogen) atoms. The molecule has 0 aliphatic carbocycles. The van der Waals surface area contributed by atoms with Gasteiger partial charge in [-0.15, -0.1) is 11.3 Å². The van der Waals surface area contributed by atoms with E-state index in [1.807, 2.05) is 6.07 Å². The Labute approximate surface area is 136 Å². The second-order valence-corrected chi connectivity index (χ2v) is 7.79. The third-order valence-electron chi connectivity index (χ3n) is 3.75. The number of halogens is 1. The van der Waals surface area contributed by atoms with Crippen molar-refractivity contribution in [1.29, 1.82) is 0 Å². The maximum atomic E-state index is 12.5. The first-order valence-corrected chi connectivity index (χ1v) is 8.98. The van der Waals surface area contributed by atoms with Gasteiger partial charge in [0.25, 0.3) is 5.91 Å².